The lowest BCUT2D eigenvalue weighted by Gasteiger charge is -2.09. The second-order valence-electron chi connectivity index (χ2n) is 4.53. The first kappa shape index (κ1) is 15.5. The molecule has 7 heteroatoms. The second kappa shape index (κ2) is 6.71. The summed E-state index contributed by atoms with van der Waals surface area (Å²) in [4.78, 5) is 8.46. The van der Waals surface area contributed by atoms with Gasteiger partial charge in [-0.25, -0.2) is 18.7 Å². The molecule has 4 nitrogen and oxygen atoms in total. The van der Waals surface area contributed by atoms with E-state index in [1.165, 1.54) is 17.8 Å². The molecular formula is C14H16F2N4S. The lowest BCUT2D eigenvalue weighted by Crippen LogP contribution is -2.08. The highest BCUT2D eigenvalue weighted by atomic mass is 32.2. The van der Waals surface area contributed by atoms with Crippen LogP contribution in [0.5, 0.6) is 0 Å². The number of hydrogen-bond donors (Lipinski definition) is 2. The Hall–Kier alpha value is -1.89. The average Bonchev–Trinajstić information content (AvgIpc) is 2.45. The summed E-state index contributed by atoms with van der Waals surface area (Å²) in [5.74, 6) is -0.698. The first-order chi connectivity index (χ1) is 10.0. The van der Waals surface area contributed by atoms with Crippen LogP contribution in [-0.2, 0) is 6.42 Å². The molecule has 0 bridgehead atoms. The first-order valence-corrected chi connectivity index (χ1v) is 7.48. The Bertz CT molecular complexity index is 649. The van der Waals surface area contributed by atoms with E-state index in [9.17, 15) is 8.78 Å². The number of halogens is 2. The van der Waals surface area contributed by atoms with Gasteiger partial charge in [0.2, 0.25) is 0 Å². The quantitative estimate of drug-likeness (QED) is 0.655. The Morgan fingerprint density at radius 3 is 2.57 bits per heavy atom. The number of benzene rings is 1. The third-order valence-corrected chi connectivity index (χ3v) is 3.88. The van der Waals surface area contributed by atoms with Crippen molar-refractivity contribution in [1.82, 2.24) is 9.97 Å². The molecule has 112 valence electrons. The molecule has 0 saturated heterocycles. The zero-order valence-electron chi connectivity index (χ0n) is 11.6. The highest BCUT2D eigenvalue weighted by Crippen LogP contribution is 2.24. The van der Waals surface area contributed by atoms with Gasteiger partial charge in [-0.15, -0.1) is 0 Å². The Morgan fingerprint density at radius 1 is 1.14 bits per heavy atom. The molecule has 0 atom stereocenters. The number of aromatic nitrogens is 2. The molecule has 1 aromatic carbocycles. The van der Waals surface area contributed by atoms with Crippen LogP contribution in [0.2, 0.25) is 0 Å². The molecule has 0 spiro atoms. The fraction of sp³-hybridized carbons (Fsp3) is 0.286. The number of anilines is 2. The molecule has 0 amide bonds. The highest BCUT2D eigenvalue weighted by molar-refractivity contribution is 7.99. The van der Waals surface area contributed by atoms with Gasteiger partial charge in [0.05, 0.1) is 11.4 Å². The number of nitrogens with two attached hydrogens (primary N) is 2. The molecular weight excluding hydrogens is 294 g/mol. The Kier molecular flexibility index (Phi) is 4.95. The van der Waals surface area contributed by atoms with Gasteiger partial charge in [0.25, 0.3) is 0 Å². The number of thioether (sulfide) groups is 1. The van der Waals surface area contributed by atoms with Crippen LogP contribution in [0.1, 0.15) is 24.6 Å². The summed E-state index contributed by atoms with van der Waals surface area (Å²) in [5, 5.41) is 0.543. The van der Waals surface area contributed by atoms with Crippen LogP contribution in [0.4, 0.5) is 20.3 Å². The van der Waals surface area contributed by atoms with Crippen LogP contribution >= 0.6 is 11.8 Å². The predicted octanol–water partition coefficient (Wildman–Crippen LogP) is 3.01. The van der Waals surface area contributed by atoms with Crippen molar-refractivity contribution in [3.63, 3.8) is 0 Å². The van der Waals surface area contributed by atoms with Crippen molar-refractivity contribution in [2.75, 3.05) is 17.2 Å². The summed E-state index contributed by atoms with van der Waals surface area (Å²) in [6, 6.07) is 3.71. The molecule has 0 saturated carbocycles. The van der Waals surface area contributed by atoms with E-state index in [0.717, 1.165) is 24.3 Å². The van der Waals surface area contributed by atoms with Crippen molar-refractivity contribution in [1.29, 1.82) is 0 Å². The lowest BCUT2D eigenvalue weighted by atomic mass is 10.1. The SMILES string of the molecule is CCCSc1nc(N)c(N)c(Cc2ccc(F)c(F)c2)n1. The third-order valence-electron chi connectivity index (χ3n) is 2.82. The number of hydrogen-bond acceptors (Lipinski definition) is 5. The van der Waals surface area contributed by atoms with Gasteiger partial charge in [0.1, 0.15) is 0 Å². The van der Waals surface area contributed by atoms with Gasteiger partial charge in [0.15, 0.2) is 22.6 Å². The van der Waals surface area contributed by atoms with Gasteiger partial charge in [-0.1, -0.05) is 24.8 Å². The van der Waals surface area contributed by atoms with Crippen LogP contribution in [0.25, 0.3) is 0 Å². The maximum atomic E-state index is 13.2. The predicted molar refractivity (Wildman–Crippen MR) is 81.0 cm³/mol. The Balaban J connectivity index is 2.29. The zero-order valence-corrected chi connectivity index (χ0v) is 12.4. The molecule has 0 aliphatic carbocycles. The minimum absolute atomic E-state index is 0.209. The highest BCUT2D eigenvalue weighted by Gasteiger charge is 2.12. The van der Waals surface area contributed by atoms with E-state index in [1.54, 1.807) is 0 Å². The summed E-state index contributed by atoms with van der Waals surface area (Å²) >= 11 is 1.48. The van der Waals surface area contributed by atoms with E-state index in [0.29, 0.717) is 16.4 Å². The maximum Gasteiger partial charge on any atom is 0.189 e. The number of rotatable bonds is 5. The topological polar surface area (TPSA) is 77.8 Å². The third kappa shape index (κ3) is 3.81. The van der Waals surface area contributed by atoms with Crippen LogP contribution in [0.3, 0.4) is 0 Å². The minimum atomic E-state index is -0.895. The van der Waals surface area contributed by atoms with E-state index in [-0.39, 0.29) is 17.9 Å². The van der Waals surface area contributed by atoms with Gasteiger partial charge < -0.3 is 11.5 Å². The standard InChI is InChI=1S/C14H16F2N4S/c1-2-5-21-14-19-11(12(17)13(18)20-14)7-8-3-4-9(15)10(16)6-8/h3-4,6H,2,5,7,17H2,1H3,(H2,18,19,20). The summed E-state index contributed by atoms with van der Waals surface area (Å²) in [6.07, 6.45) is 1.26. The monoisotopic (exact) mass is 310 g/mol. The molecule has 2 rings (SSSR count). The van der Waals surface area contributed by atoms with Crippen molar-refractivity contribution in [3.05, 3.63) is 41.1 Å². The fourth-order valence-electron chi connectivity index (χ4n) is 1.75. The molecule has 21 heavy (non-hydrogen) atoms. The van der Waals surface area contributed by atoms with Crippen LogP contribution in [0.15, 0.2) is 23.4 Å². The Morgan fingerprint density at radius 2 is 1.90 bits per heavy atom. The minimum Gasteiger partial charge on any atom is -0.394 e. The molecule has 0 fully saturated rings. The summed E-state index contributed by atoms with van der Waals surface area (Å²) in [6.45, 7) is 2.05. The van der Waals surface area contributed by atoms with Crippen molar-refractivity contribution in [2.45, 2.75) is 24.9 Å². The van der Waals surface area contributed by atoms with Crippen molar-refractivity contribution in [3.8, 4) is 0 Å². The second-order valence-corrected chi connectivity index (χ2v) is 5.59. The summed E-state index contributed by atoms with van der Waals surface area (Å²) in [5.41, 5.74) is 13.0. The fourth-order valence-corrected chi connectivity index (χ4v) is 2.47. The van der Waals surface area contributed by atoms with Gasteiger partial charge in [-0.3, -0.25) is 0 Å². The molecule has 1 aromatic heterocycles. The van der Waals surface area contributed by atoms with Crippen LogP contribution in [-0.4, -0.2) is 15.7 Å². The van der Waals surface area contributed by atoms with E-state index in [4.69, 9.17) is 11.5 Å². The molecule has 4 N–H and O–H groups in total. The van der Waals surface area contributed by atoms with Gasteiger partial charge in [-0.2, -0.15) is 0 Å². The van der Waals surface area contributed by atoms with Gasteiger partial charge in [-0.05, 0) is 24.1 Å². The average molecular weight is 310 g/mol. The smallest absolute Gasteiger partial charge is 0.189 e. The van der Waals surface area contributed by atoms with Crippen molar-refractivity contribution < 1.29 is 8.78 Å². The number of nitrogen functional groups attached to an aromatic ring is 2. The molecule has 0 aliphatic heterocycles. The molecule has 0 radical (unpaired) electrons. The van der Waals surface area contributed by atoms with E-state index >= 15 is 0 Å². The molecule has 2 aromatic rings. The van der Waals surface area contributed by atoms with E-state index in [1.807, 2.05) is 0 Å². The van der Waals surface area contributed by atoms with Gasteiger partial charge in [0, 0.05) is 12.2 Å². The molecule has 1 heterocycles. The van der Waals surface area contributed by atoms with E-state index in [2.05, 4.69) is 16.9 Å². The normalized spacial score (nSPS) is 10.8. The summed E-state index contributed by atoms with van der Waals surface area (Å²) in [7, 11) is 0. The lowest BCUT2D eigenvalue weighted by molar-refractivity contribution is 0.507. The van der Waals surface area contributed by atoms with Gasteiger partial charge >= 0.3 is 0 Å². The van der Waals surface area contributed by atoms with Crippen molar-refractivity contribution >= 4 is 23.3 Å². The summed E-state index contributed by atoms with van der Waals surface area (Å²) < 4.78 is 26.2. The van der Waals surface area contributed by atoms with Crippen LogP contribution in [0, 0.1) is 11.6 Å². The zero-order chi connectivity index (χ0) is 15.4. The molecule has 0 unspecified atom stereocenters. The number of nitrogens with zero attached hydrogens (tertiary/aromatic N) is 2. The molecule has 0 aliphatic rings. The largest absolute Gasteiger partial charge is 0.394 e. The van der Waals surface area contributed by atoms with Crippen LogP contribution < -0.4 is 11.5 Å². The first-order valence-electron chi connectivity index (χ1n) is 6.49. The Labute approximate surface area is 126 Å². The maximum absolute atomic E-state index is 13.2. The van der Waals surface area contributed by atoms with Crippen molar-refractivity contribution in [2.24, 2.45) is 0 Å². The van der Waals surface area contributed by atoms with E-state index < -0.39 is 11.6 Å².